The number of carbonyl (C=O) groups is 1. The van der Waals surface area contributed by atoms with Crippen LogP contribution in [0.4, 0.5) is 5.69 Å². The summed E-state index contributed by atoms with van der Waals surface area (Å²) in [7, 11) is 0. The first-order valence-electron chi connectivity index (χ1n) is 23.0. The van der Waals surface area contributed by atoms with Crippen LogP contribution in [0.1, 0.15) is 106 Å². The van der Waals surface area contributed by atoms with Crippen molar-refractivity contribution in [3.05, 3.63) is 112 Å². The van der Waals surface area contributed by atoms with E-state index in [-0.39, 0.29) is 81.3 Å². The van der Waals surface area contributed by atoms with Gasteiger partial charge in [0.25, 0.3) is 5.69 Å². The third-order valence-corrected chi connectivity index (χ3v) is 13.9. The Morgan fingerprint density at radius 2 is 1.67 bits per heavy atom. The summed E-state index contributed by atoms with van der Waals surface area (Å²) in [6.45, 7) is 4.68. The quantitative estimate of drug-likeness (QED) is 0.0402. The molecular weight excluding hydrogens is 819 g/mol. The fraction of sp³-hybridized carbons (Fsp3) is 0.520. The number of hydrogen-bond donors (Lipinski definition) is 3. The van der Waals surface area contributed by atoms with Gasteiger partial charge < -0.3 is 44.0 Å². The summed E-state index contributed by atoms with van der Waals surface area (Å²) in [4.78, 5) is 34.3. The normalized spacial score (nSPS) is 24.9. The van der Waals surface area contributed by atoms with E-state index in [1.807, 2.05) is 23.1 Å². The summed E-state index contributed by atoms with van der Waals surface area (Å²) >= 11 is 0. The first kappa shape index (κ1) is 45.1. The van der Waals surface area contributed by atoms with Crippen LogP contribution < -0.4 is 14.2 Å². The van der Waals surface area contributed by atoms with Gasteiger partial charge in [-0.1, -0.05) is 61.9 Å². The van der Waals surface area contributed by atoms with Crippen molar-refractivity contribution in [1.82, 2.24) is 4.90 Å². The Morgan fingerprint density at radius 3 is 2.42 bits per heavy atom. The Balaban J connectivity index is 1.29. The third-order valence-electron chi connectivity index (χ3n) is 13.9. The van der Waals surface area contributed by atoms with E-state index in [1.54, 1.807) is 36.4 Å². The molecule has 0 radical (unpaired) electrons. The lowest BCUT2D eigenvalue weighted by molar-refractivity contribution is -0.384. The zero-order valence-corrected chi connectivity index (χ0v) is 36.5. The second-order valence-electron chi connectivity index (χ2n) is 17.9. The molecule has 0 saturated heterocycles. The Bertz CT molecular complexity index is 2190. The minimum Gasteiger partial charge on any atom is -0.508 e. The number of nitro benzene ring substituents is 1. The molecule has 0 aromatic heterocycles. The van der Waals surface area contributed by atoms with Gasteiger partial charge in [-0.2, -0.15) is 0 Å². The smallest absolute Gasteiger partial charge is 0.269 e. The molecule has 3 aromatic carbocycles. The molecule has 3 aliphatic carbocycles. The first-order valence-corrected chi connectivity index (χ1v) is 23.0. The molecule has 6 atom stereocenters. The number of non-ortho nitro benzene ring substituents is 1. The molecule has 342 valence electrons. The fourth-order valence-corrected chi connectivity index (χ4v) is 10.9. The molecule has 2 fully saturated rings. The molecule has 3 aromatic rings. The minimum atomic E-state index is -1.46. The minimum absolute atomic E-state index is 0.00319. The van der Waals surface area contributed by atoms with Gasteiger partial charge in [0, 0.05) is 56.2 Å². The van der Waals surface area contributed by atoms with Gasteiger partial charge >= 0.3 is 0 Å². The molecule has 0 spiro atoms. The molecule has 2 heterocycles. The van der Waals surface area contributed by atoms with Gasteiger partial charge in [-0.25, -0.2) is 0 Å². The van der Waals surface area contributed by atoms with Crippen molar-refractivity contribution >= 4 is 17.3 Å². The average molecular weight is 880 g/mol. The number of rotatable bonds is 21. The number of unbranched alkanes of at least 4 members (excludes halogenated alkanes) is 2. The maximum absolute atomic E-state index is 15.2. The number of aromatic hydroxyl groups is 1. The summed E-state index contributed by atoms with van der Waals surface area (Å²) in [5.41, 5.74) is 3.85. The van der Waals surface area contributed by atoms with Crippen LogP contribution in [-0.2, 0) is 27.5 Å². The summed E-state index contributed by atoms with van der Waals surface area (Å²) in [6.07, 6.45) is 14.2. The highest BCUT2D eigenvalue weighted by Gasteiger charge is 2.65. The van der Waals surface area contributed by atoms with Gasteiger partial charge in [-0.05, 0) is 109 Å². The zero-order valence-electron chi connectivity index (χ0n) is 36.5. The van der Waals surface area contributed by atoms with Crippen LogP contribution in [0.5, 0.6) is 23.0 Å². The molecular formula is C50H61N3O11. The highest BCUT2D eigenvalue weighted by Crippen LogP contribution is 2.62. The van der Waals surface area contributed by atoms with Crippen LogP contribution in [0.3, 0.4) is 0 Å². The lowest BCUT2D eigenvalue weighted by atomic mass is 9.55. The summed E-state index contributed by atoms with van der Waals surface area (Å²) < 4.78 is 25.9. The highest BCUT2D eigenvalue weighted by atomic mass is 16.7. The van der Waals surface area contributed by atoms with Gasteiger partial charge in [0.15, 0.2) is 11.5 Å². The number of phenolic OH excluding ortho intramolecular Hbond substituents is 1. The number of carbonyl (C=O) groups excluding carboxylic acids is 1. The molecule has 3 N–H and O–H groups in total. The molecule has 1 amide bonds. The van der Waals surface area contributed by atoms with Crippen molar-refractivity contribution in [2.75, 3.05) is 26.6 Å². The van der Waals surface area contributed by atoms with Crippen LogP contribution in [0.15, 0.2) is 90.1 Å². The number of nitro groups is 1. The maximum atomic E-state index is 15.2. The van der Waals surface area contributed by atoms with Gasteiger partial charge in [0.05, 0.1) is 23.2 Å². The van der Waals surface area contributed by atoms with E-state index in [9.17, 15) is 25.4 Å². The van der Waals surface area contributed by atoms with Crippen LogP contribution in [0.2, 0.25) is 0 Å². The monoisotopic (exact) mass is 879 g/mol. The van der Waals surface area contributed by atoms with Crippen molar-refractivity contribution < 1.29 is 48.8 Å². The Labute approximate surface area is 374 Å². The fourth-order valence-electron chi connectivity index (χ4n) is 10.9. The number of hydrogen-bond acceptors (Lipinski definition) is 12. The lowest BCUT2D eigenvalue weighted by Gasteiger charge is -2.60. The molecule has 5 aliphatic rings. The molecule has 64 heavy (non-hydrogen) atoms. The average Bonchev–Trinajstić information content (AvgIpc) is 4.01. The number of ether oxygens (including phenoxy) is 4. The van der Waals surface area contributed by atoms with E-state index < -0.39 is 22.7 Å². The van der Waals surface area contributed by atoms with Gasteiger partial charge in [-0.3, -0.25) is 14.9 Å². The molecule has 0 bridgehead atoms. The van der Waals surface area contributed by atoms with Gasteiger partial charge in [0.1, 0.15) is 24.1 Å². The van der Waals surface area contributed by atoms with E-state index in [1.165, 1.54) is 25.0 Å². The second-order valence-corrected chi connectivity index (χ2v) is 17.9. The standard InChI is InChI=1S/C50H61N3O11/c1-2-25-62-50-46(52(47(57)22-16-33-9-3-4-10-33)30-35-15-20-44-45(26-35)61-32-60-44)29-42(51-63-31-34-13-17-37(18-14-34)53(58)59)40-27-36(11-5-7-23-54)39(12-6-8-24-55)48(49(40)50)41-28-38(56)19-21-43(41)64-50/h2,13-15,17-21,26-28,33,36,39,46,48-49,54-56H,1,3-12,16,22-25,29-32H2. The molecule has 8 rings (SSSR count). The summed E-state index contributed by atoms with van der Waals surface area (Å²) in [5.74, 6) is 0.0649. The second kappa shape index (κ2) is 20.6. The van der Waals surface area contributed by atoms with E-state index in [0.717, 1.165) is 61.6 Å². The van der Waals surface area contributed by atoms with E-state index in [4.69, 9.17) is 28.9 Å². The Kier molecular flexibility index (Phi) is 14.5. The van der Waals surface area contributed by atoms with E-state index in [0.29, 0.717) is 53.7 Å². The molecule has 14 heteroatoms. The molecule has 2 saturated carbocycles. The van der Waals surface area contributed by atoms with Crippen molar-refractivity contribution in [2.45, 2.75) is 114 Å². The summed E-state index contributed by atoms with van der Waals surface area (Å²) in [5, 5.41) is 47.2. The van der Waals surface area contributed by atoms with Gasteiger partial charge in [0.2, 0.25) is 18.5 Å². The van der Waals surface area contributed by atoms with E-state index >= 15 is 4.79 Å². The number of fused-ring (bicyclic) bond motifs is 3. The number of aliphatic hydroxyl groups excluding tert-OH is 2. The predicted octanol–water partition coefficient (Wildman–Crippen LogP) is 8.86. The Morgan fingerprint density at radius 1 is 0.938 bits per heavy atom. The molecule has 6 unspecified atom stereocenters. The molecule has 14 nitrogen and oxygen atoms in total. The van der Waals surface area contributed by atoms with Crippen molar-refractivity contribution in [3.8, 4) is 23.0 Å². The maximum Gasteiger partial charge on any atom is 0.269 e. The number of allylic oxidation sites excluding steroid dienone is 1. The van der Waals surface area contributed by atoms with Crippen LogP contribution in [0.25, 0.3) is 0 Å². The first-order chi connectivity index (χ1) is 31.2. The number of benzene rings is 3. The number of amides is 1. The highest BCUT2D eigenvalue weighted by molar-refractivity contribution is 6.03. The van der Waals surface area contributed by atoms with Crippen molar-refractivity contribution in [1.29, 1.82) is 0 Å². The lowest BCUT2D eigenvalue weighted by Crippen LogP contribution is -2.70. The largest absolute Gasteiger partial charge is 0.508 e. The number of aliphatic hydroxyl groups is 2. The van der Waals surface area contributed by atoms with Crippen LogP contribution in [0, 0.1) is 33.8 Å². The Hall–Kier alpha value is -5.44. The van der Waals surface area contributed by atoms with E-state index in [2.05, 4.69) is 12.7 Å². The van der Waals surface area contributed by atoms with Crippen molar-refractivity contribution in [3.63, 3.8) is 0 Å². The van der Waals surface area contributed by atoms with Crippen molar-refractivity contribution in [2.24, 2.45) is 28.8 Å². The van der Waals surface area contributed by atoms with Gasteiger partial charge in [-0.15, -0.1) is 6.58 Å². The van der Waals surface area contributed by atoms with Crippen LogP contribution >= 0.6 is 0 Å². The predicted molar refractivity (Wildman–Crippen MR) is 239 cm³/mol. The van der Waals surface area contributed by atoms with Crippen LogP contribution in [-0.4, -0.2) is 75.2 Å². The topological polar surface area (TPSA) is 183 Å². The number of oxime groups is 1. The SMILES string of the molecule is C=CCOC12Oc3ccc(O)cc3C3C(CCCCO)C(CCCCO)C=C(C(=NOCc4ccc([N+](=O)[O-])cc4)CC1N(Cc1ccc4c(c1)OCO4)C(=O)CCC1CCCC1)C32. The number of nitrogens with zero attached hydrogens (tertiary/aromatic N) is 3. The zero-order chi connectivity index (χ0) is 44.6. The number of phenols is 1. The molecule has 2 aliphatic heterocycles. The summed E-state index contributed by atoms with van der Waals surface area (Å²) in [6, 6.07) is 16.4. The third kappa shape index (κ3) is 9.64.